The van der Waals surface area contributed by atoms with E-state index in [2.05, 4.69) is 33.6 Å². The highest BCUT2D eigenvalue weighted by atomic mass is 32.2. The lowest BCUT2D eigenvalue weighted by molar-refractivity contribution is 0.199. The number of nitrogens with one attached hydrogen (secondary N) is 1. The standard InChI is InChI=1S/C14H24N4OS/c1-4-17(5-2)8-9-18-7-6-12-11(10-18)13(19)16-14(15-12)20-3/h4-10H2,1-3H3,(H,15,16,19). The van der Waals surface area contributed by atoms with Gasteiger partial charge >= 0.3 is 0 Å². The minimum atomic E-state index is 0.0342. The van der Waals surface area contributed by atoms with Crippen LogP contribution in [-0.4, -0.2) is 58.7 Å². The quantitative estimate of drug-likeness (QED) is 0.631. The number of fused-ring (bicyclic) bond motifs is 1. The number of nitrogens with zero attached hydrogens (tertiary/aromatic N) is 3. The molecule has 5 nitrogen and oxygen atoms in total. The van der Waals surface area contributed by atoms with E-state index < -0.39 is 0 Å². The largest absolute Gasteiger partial charge is 0.303 e. The monoisotopic (exact) mass is 296 g/mol. The van der Waals surface area contributed by atoms with Crippen LogP contribution < -0.4 is 5.56 Å². The van der Waals surface area contributed by atoms with Crippen LogP contribution in [0.25, 0.3) is 0 Å². The Bertz CT molecular complexity index is 498. The first-order valence-corrected chi connectivity index (χ1v) is 8.51. The fourth-order valence-corrected chi connectivity index (χ4v) is 2.96. The van der Waals surface area contributed by atoms with Crippen molar-refractivity contribution in [3.63, 3.8) is 0 Å². The van der Waals surface area contributed by atoms with Crippen molar-refractivity contribution in [2.75, 3.05) is 39.0 Å². The molecule has 2 rings (SSSR count). The molecule has 0 atom stereocenters. The minimum absolute atomic E-state index is 0.0342. The molecular formula is C14H24N4OS. The molecule has 6 heteroatoms. The fraction of sp³-hybridized carbons (Fsp3) is 0.714. The molecule has 0 spiro atoms. The van der Waals surface area contributed by atoms with Crippen LogP contribution in [0.15, 0.2) is 9.95 Å². The van der Waals surface area contributed by atoms with Gasteiger partial charge in [-0.2, -0.15) is 0 Å². The molecule has 0 saturated heterocycles. The summed E-state index contributed by atoms with van der Waals surface area (Å²) in [5.74, 6) is 0. The lowest BCUT2D eigenvalue weighted by atomic mass is 10.1. The maximum absolute atomic E-state index is 12.1. The molecule has 2 heterocycles. The molecule has 1 aromatic rings. The molecule has 1 aliphatic rings. The van der Waals surface area contributed by atoms with E-state index in [0.29, 0.717) is 0 Å². The van der Waals surface area contributed by atoms with Gasteiger partial charge in [0, 0.05) is 32.6 Å². The normalized spacial score (nSPS) is 15.6. The molecule has 1 aromatic heterocycles. The summed E-state index contributed by atoms with van der Waals surface area (Å²) in [7, 11) is 0. The lowest BCUT2D eigenvalue weighted by Crippen LogP contribution is -2.40. The summed E-state index contributed by atoms with van der Waals surface area (Å²) >= 11 is 1.49. The van der Waals surface area contributed by atoms with Crippen molar-refractivity contribution in [1.29, 1.82) is 0 Å². The number of hydrogen-bond donors (Lipinski definition) is 1. The van der Waals surface area contributed by atoms with E-state index in [4.69, 9.17) is 0 Å². The van der Waals surface area contributed by atoms with Crippen LogP contribution in [-0.2, 0) is 13.0 Å². The molecule has 1 N–H and O–H groups in total. The van der Waals surface area contributed by atoms with Crippen molar-refractivity contribution in [2.45, 2.75) is 32.0 Å². The van der Waals surface area contributed by atoms with Crippen LogP contribution in [0.2, 0.25) is 0 Å². The van der Waals surface area contributed by atoms with E-state index in [9.17, 15) is 4.79 Å². The molecule has 0 saturated carbocycles. The van der Waals surface area contributed by atoms with Gasteiger partial charge in [-0.05, 0) is 19.3 Å². The number of likely N-dealkylation sites (N-methyl/N-ethyl adjacent to an activating group) is 1. The van der Waals surface area contributed by atoms with Crippen LogP contribution in [0, 0.1) is 0 Å². The van der Waals surface area contributed by atoms with Gasteiger partial charge in [0.1, 0.15) is 0 Å². The van der Waals surface area contributed by atoms with Crippen molar-refractivity contribution in [1.82, 2.24) is 19.8 Å². The molecule has 0 fully saturated rings. The number of thioether (sulfide) groups is 1. The van der Waals surface area contributed by atoms with Crippen LogP contribution in [0.1, 0.15) is 25.1 Å². The second-order valence-corrected chi connectivity index (χ2v) is 5.85. The topological polar surface area (TPSA) is 52.2 Å². The molecule has 0 aromatic carbocycles. The van der Waals surface area contributed by atoms with Crippen LogP contribution in [0.5, 0.6) is 0 Å². The maximum Gasteiger partial charge on any atom is 0.256 e. The van der Waals surface area contributed by atoms with E-state index in [0.717, 1.165) is 62.1 Å². The first-order valence-electron chi connectivity index (χ1n) is 7.28. The highest BCUT2D eigenvalue weighted by Crippen LogP contribution is 2.16. The number of aromatic amines is 1. The highest BCUT2D eigenvalue weighted by Gasteiger charge is 2.21. The molecule has 0 unspecified atom stereocenters. The van der Waals surface area contributed by atoms with E-state index in [1.165, 1.54) is 11.8 Å². The number of aromatic nitrogens is 2. The van der Waals surface area contributed by atoms with E-state index in [-0.39, 0.29) is 5.56 Å². The molecular weight excluding hydrogens is 272 g/mol. The second kappa shape index (κ2) is 7.24. The Labute approximate surface area is 124 Å². The maximum atomic E-state index is 12.1. The Kier molecular flexibility index (Phi) is 5.63. The Hall–Kier alpha value is -0.850. The van der Waals surface area contributed by atoms with E-state index in [1.807, 2.05) is 6.26 Å². The van der Waals surface area contributed by atoms with Gasteiger partial charge in [-0.15, -0.1) is 0 Å². The summed E-state index contributed by atoms with van der Waals surface area (Å²) in [6, 6.07) is 0. The minimum Gasteiger partial charge on any atom is -0.303 e. The predicted molar refractivity (Wildman–Crippen MR) is 83.4 cm³/mol. The molecule has 0 amide bonds. The van der Waals surface area contributed by atoms with Gasteiger partial charge < -0.3 is 9.88 Å². The third-order valence-electron chi connectivity index (χ3n) is 3.95. The molecule has 0 aliphatic carbocycles. The summed E-state index contributed by atoms with van der Waals surface area (Å²) in [6.07, 6.45) is 2.81. The average Bonchev–Trinajstić information content (AvgIpc) is 2.48. The number of rotatable bonds is 6. The zero-order valence-corrected chi connectivity index (χ0v) is 13.4. The third kappa shape index (κ3) is 3.62. The van der Waals surface area contributed by atoms with Gasteiger partial charge in [-0.25, -0.2) is 4.98 Å². The first-order chi connectivity index (χ1) is 9.67. The summed E-state index contributed by atoms with van der Waals surface area (Å²) in [5.41, 5.74) is 1.87. The van der Waals surface area contributed by atoms with Gasteiger partial charge in [0.25, 0.3) is 5.56 Å². The van der Waals surface area contributed by atoms with Crippen LogP contribution in [0.3, 0.4) is 0 Å². The van der Waals surface area contributed by atoms with Gasteiger partial charge in [-0.3, -0.25) is 9.69 Å². The zero-order valence-electron chi connectivity index (χ0n) is 12.6. The Balaban J connectivity index is 2.02. The average molecular weight is 296 g/mol. The summed E-state index contributed by atoms with van der Waals surface area (Å²) < 4.78 is 0. The first kappa shape index (κ1) is 15.5. The number of hydrogen-bond acceptors (Lipinski definition) is 5. The highest BCUT2D eigenvalue weighted by molar-refractivity contribution is 7.98. The van der Waals surface area contributed by atoms with E-state index >= 15 is 0 Å². The SMILES string of the molecule is CCN(CC)CCN1CCc2nc(SC)[nH]c(=O)c2C1. The zero-order chi connectivity index (χ0) is 14.5. The van der Waals surface area contributed by atoms with Crippen molar-refractivity contribution in [3.8, 4) is 0 Å². The smallest absolute Gasteiger partial charge is 0.256 e. The van der Waals surface area contributed by atoms with Gasteiger partial charge in [0.2, 0.25) is 0 Å². The van der Waals surface area contributed by atoms with Gasteiger partial charge in [0.05, 0.1) is 11.3 Å². The summed E-state index contributed by atoms with van der Waals surface area (Å²) in [6.45, 7) is 10.4. The second-order valence-electron chi connectivity index (χ2n) is 5.05. The van der Waals surface area contributed by atoms with Gasteiger partial charge in [-0.1, -0.05) is 25.6 Å². The third-order valence-corrected chi connectivity index (χ3v) is 4.53. The van der Waals surface area contributed by atoms with Crippen molar-refractivity contribution >= 4 is 11.8 Å². The molecule has 20 heavy (non-hydrogen) atoms. The van der Waals surface area contributed by atoms with Crippen molar-refractivity contribution in [2.24, 2.45) is 0 Å². The molecule has 1 aliphatic heterocycles. The molecule has 0 bridgehead atoms. The van der Waals surface area contributed by atoms with Gasteiger partial charge in [0.15, 0.2) is 5.16 Å². The molecule has 112 valence electrons. The van der Waals surface area contributed by atoms with Crippen molar-refractivity contribution in [3.05, 3.63) is 21.6 Å². The van der Waals surface area contributed by atoms with Crippen molar-refractivity contribution < 1.29 is 0 Å². The summed E-state index contributed by atoms with van der Waals surface area (Å²) in [5, 5.41) is 0.727. The fourth-order valence-electron chi connectivity index (χ4n) is 2.57. The van der Waals surface area contributed by atoms with Crippen LogP contribution in [0.4, 0.5) is 0 Å². The lowest BCUT2D eigenvalue weighted by Gasteiger charge is -2.29. The summed E-state index contributed by atoms with van der Waals surface area (Å²) in [4.78, 5) is 24.2. The Morgan fingerprint density at radius 2 is 2.15 bits per heavy atom. The Morgan fingerprint density at radius 1 is 1.40 bits per heavy atom. The molecule has 0 radical (unpaired) electrons. The number of H-pyrrole nitrogens is 1. The predicted octanol–water partition coefficient (Wildman–Crippen LogP) is 1.19. The van der Waals surface area contributed by atoms with Crippen LogP contribution >= 0.6 is 11.8 Å². The Morgan fingerprint density at radius 3 is 2.80 bits per heavy atom. The van der Waals surface area contributed by atoms with E-state index in [1.54, 1.807) is 0 Å².